The molecule has 1 aliphatic rings. The van der Waals surface area contributed by atoms with Crippen LogP contribution in [0, 0.1) is 12.8 Å². The number of ketones is 1. The Labute approximate surface area is 100 Å². The molecule has 0 aliphatic heterocycles. The molecule has 1 saturated carbocycles. The number of aryl methyl sites for hydroxylation is 1. The van der Waals surface area contributed by atoms with Crippen LogP contribution < -0.4 is 0 Å². The molecule has 2 rings (SSSR count). The van der Waals surface area contributed by atoms with Crippen molar-refractivity contribution in [3.63, 3.8) is 0 Å². The minimum Gasteiger partial charge on any atom is -0.298 e. The molecule has 0 aromatic carbocycles. The third-order valence-electron chi connectivity index (χ3n) is 2.93. The maximum Gasteiger partial charge on any atom is 0.188 e. The Balaban J connectivity index is 1.84. The van der Waals surface area contributed by atoms with Crippen molar-refractivity contribution in [1.82, 2.24) is 9.97 Å². The second kappa shape index (κ2) is 5.43. The zero-order chi connectivity index (χ0) is 11.4. The molecule has 0 saturated heterocycles. The largest absolute Gasteiger partial charge is 0.298 e. The van der Waals surface area contributed by atoms with Gasteiger partial charge in [-0.3, -0.25) is 4.79 Å². The van der Waals surface area contributed by atoms with Crippen LogP contribution in [0.4, 0.5) is 0 Å². The molecule has 0 amide bonds. The van der Waals surface area contributed by atoms with E-state index in [1.54, 1.807) is 6.20 Å². The van der Waals surface area contributed by atoms with Crippen LogP contribution in [-0.2, 0) is 4.79 Å². The van der Waals surface area contributed by atoms with Gasteiger partial charge in [0.05, 0.1) is 5.75 Å². The van der Waals surface area contributed by atoms with Crippen molar-refractivity contribution in [2.24, 2.45) is 5.92 Å². The molecule has 0 radical (unpaired) electrons. The summed E-state index contributed by atoms with van der Waals surface area (Å²) in [6.45, 7) is 1.94. The normalized spacial score (nSPS) is 16.6. The molecule has 0 bridgehead atoms. The first kappa shape index (κ1) is 11.6. The molecular weight excluding hydrogens is 220 g/mol. The van der Waals surface area contributed by atoms with Crippen molar-refractivity contribution in [2.45, 2.75) is 37.8 Å². The molecule has 0 N–H and O–H groups in total. The number of carbonyl (C=O) groups is 1. The fourth-order valence-electron chi connectivity index (χ4n) is 2.00. The van der Waals surface area contributed by atoms with Crippen LogP contribution in [0.25, 0.3) is 0 Å². The maximum atomic E-state index is 11.8. The molecule has 16 heavy (non-hydrogen) atoms. The van der Waals surface area contributed by atoms with Gasteiger partial charge < -0.3 is 0 Å². The van der Waals surface area contributed by atoms with Crippen LogP contribution in [0.1, 0.15) is 31.4 Å². The fourth-order valence-corrected chi connectivity index (χ4v) is 2.85. The van der Waals surface area contributed by atoms with Gasteiger partial charge in [0.1, 0.15) is 5.78 Å². The number of nitrogens with zero attached hydrogens (tertiary/aromatic N) is 2. The van der Waals surface area contributed by atoms with E-state index in [1.807, 2.05) is 13.0 Å². The standard InChI is InChI=1S/C12H16N2OS/c1-9-6-7-13-12(14-9)16-8-11(15)10-4-2-3-5-10/h6-7,10H,2-5,8H2,1H3. The molecule has 1 heterocycles. The van der Waals surface area contributed by atoms with Crippen LogP contribution in [0.5, 0.6) is 0 Å². The summed E-state index contributed by atoms with van der Waals surface area (Å²) in [5, 5.41) is 0.714. The van der Waals surface area contributed by atoms with Crippen LogP contribution in [-0.4, -0.2) is 21.5 Å². The zero-order valence-electron chi connectivity index (χ0n) is 9.48. The summed E-state index contributed by atoms with van der Waals surface area (Å²) in [7, 11) is 0. The average Bonchev–Trinajstić information content (AvgIpc) is 2.79. The lowest BCUT2D eigenvalue weighted by Crippen LogP contribution is -2.13. The first-order valence-electron chi connectivity index (χ1n) is 5.71. The summed E-state index contributed by atoms with van der Waals surface area (Å²) in [6.07, 6.45) is 6.32. The molecule has 86 valence electrons. The topological polar surface area (TPSA) is 42.9 Å². The first-order valence-corrected chi connectivity index (χ1v) is 6.69. The third-order valence-corrected chi connectivity index (χ3v) is 3.81. The number of thioether (sulfide) groups is 1. The number of Topliss-reactive ketones (excluding diaryl/α,β-unsaturated/α-hetero) is 1. The minimum absolute atomic E-state index is 0.303. The van der Waals surface area contributed by atoms with Gasteiger partial charge in [0, 0.05) is 17.8 Å². The van der Waals surface area contributed by atoms with E-state index < -0.39 is 0 Å². The molecule has 1 fully saturated rings. The number of hydrogen-bond acceptors (Lipinski definition) is 4. The summed E-state index contributed by atoms with van der Waals surface area (Å²) in [5.74, 6) is 1.19. The smallest absolute Gasteiger partial charge is 0.188 e. The molecule has 4 heteroatoms. The molecular formula is C12H16N2OS. The highest BCUT2D eigenvalue weighted by Crippen LogP contribution is 2.27. The summed E-state index contributed by atoms with van der Waals surface area (Å²) < 4.78 is 0. The van der Waals surface area contributed by atoms with Crippen LogP contribution in [0.15, 0.2) is 17.4 Å². The van der Waals surface area contributed by atoms with Gasteiger partial charge in [-0.15, -0.1) is 0 Å². The van der Waals surface area contributed by atoms with E-state index in [4.69, 9.17) is 0 Å². The molecule has 0 spiro atoms. The maximum absolute atomic E-state index is 11.8. The molecule has 3 nitrogen and oxygen atoms in total. The fraction of sp³-hybridized carbons (Fsp3) is 0.583. The SMILES string of the molecule is Cc1ccnc(SCC(=O)C2CCCC2)n1. The monoisotopic (exact) mass is 236 g/mol. The van der Waals surface area contributed by atoms with E-state index in [-0.39, 0.29) is 0 Å². The van der Waals surface area contributed by atoms with Crippen LogP contribution in [0.2, 0.25) is 0 Å². The third kappa shape index (κ3) is 3.04. The van der Waals surface area contributed by atoms with Gasteiger partial charge in [0.25, 0.3) is 0 Å². The van der Waals surface area contributed by atoms with Gasteiger partial charge in [-0.25, -0.2) is 9.97 Å². The van der Waals surface area contributed by atoms with E-state index in [0.29, 0.717) is 22.6 Å². The second-order valence-electron chi connectivity index (χ2n) is 4.22. The predicted molar refractivity (Wildman–Crippen MR) is 64.5 cm³/mol. The summed E-state index contributed by atoms with van der Waals surface area (Å²) in [6, 6.07) is 1.86. The molecule has 0 atom stereocenters. The molecule has 1 aromatic rings. The predicted octanol–water partition coefficient (Wildman–Crippen LogP) is 2.64. The quantitative estimate of drug-likeness (QED) is 0.595. The van der Waals surface area contributed by atoms with Gasteiger partial charge in [0.15, 0.2) is 5.16 Å². The van der Waals surface area contributed by atoms with Gasteiger partial charge in [-0.2, -0.15) is 0 Å². The van der Waals surface area contributed by atoms with E-state index in [9.17, 15) is 4.79 Å². The second-order valence-corrected chi connectivity index (χ2v) is 5.16. The van der Waals surface area contributed by atoms with E-state index in [1.165, 1.54) is 24.6 Å². The number of carbonyl (C=O) groups excluding carboxylic acids is 1. The Morgan fingerprint density at radius 3 is 2.94 bits per heavy atom. The average molecular weight is 236 g/mol. The number of rotatable bonds is 4. The van der Waals surface area contributed by atoms with Gasteiger partial charge in [0.2, 0.25) is 0 Å². The number of hydrogen-bond donors (Lipinski definition) is 0. The van der Waals surface area contributed by atoms with Crippen molar-refractivity contribution in [1.29, 1.82) is 0 Å². The highest BCUT2D eigenvalue weighted by Gasteiger charge is 2.22. The zero-order valence-corrected chi connectivity index (χ0v) is 10.3. The Morgan fingerprint density at radius 2 is 2.25 bits per heavy atom. The van der Waals surface area contributed by atoms with Crippen LogP contribution in [0.3, 0.4) is 0 Å². The lowest BCUT2D eigenvalue weighted by atomic mass is 10.0. The summed E-state index contributed by atoms with van der Waals surface area (Å²) in [4.78, 5) is 20.2. The van der Waals surface area contributed by atoms with E-state index >= 15 is 0 Å². The molecule has 1 aromatic heterocycles. The first-order chi connectivity index (χ1) is 7.75. The molecule has 1 aliphatic carbocycles. The molecule has 0 unspecified atom stereocenters. The van der Waals surface area contributed by atoms with Crippen LogP contribution >= 0.6 is 11.8 Å². The van der Waals surface area contributed by atoms with Crippen molar-refractivity contribution < 1.29 is 4.79 Å². The lowest BCUT2D eigenvalue weighted by molar-refractivity contribution is -0.120. The highest BCUT2D eigenvalue weighted by molar-refractivity contribution is 7.99. The van der Waals surface area contributed by atoms with Crippen molar-refractivity contribution in [2.75, 3.05) is 5.75 Å². The van der Waals surface area contributed by atoms with E-state index in [2.05, 4.69) is 9.97 Å². The van der Waals surface area contributed by atoms with Crippen molar-refractivity contribution in [3.8, 4) is 0 Å². The Morgan fingerprint density at radius 1 is 1.50 bits per heavy atom. The van der Waals surface area contributed by atoms with Gasteiger partial charge >= 0.3 is 0 Å². The van der Waals surface area contributed by atoms with Gasteiger partial charge in [-0.1, -0.05) is 24.6 Å². The number of aromatic nitrogens is 2. The van der Waals surface area contributed by atoms with Gasteiger partial charge in [-0.05, 0) is 25.8 Å². The Hall–Kier alpha value is -0.900. The van der Waals surface area contributed by atoms with Crippen molar-refractivity contribution >= 4 is 17.5 Å². The van der Waals surface area contributed by atoms with E-state index in [0.717, 1.165) is 18.5 Å². The summed E-state index contributed by atoms with van der Waals surface area (Å²) >= 11 is 1.46. The minimum atomic E-state index is 0.303. The Kier molecular flexibility index (Phi) is 3.93. The highest BCUT2D eigenvalue weighted by atomic mass is 32.2. The Bertz CT molecular complexity index is 375. The summed E-state index contributed by atoms with van der Waals surface area (Å²) in [5.41, 5.74) is 0.950. The van der Waals surface area contributed by atoms with Crippen molar-refractivity contribution in [3.05, 3.63) is 18.0 Å². The lowest BCUT2D eigenvalue weighted by Gasteiger charge is -2.06.